The van der Waals surface area contributed by atoms with Crippen LogP contribution < -0.4 is 16.2 Å². The molecule has 0 amide bonds. The molecule has 1 rings (SSSR count). The molecule has 0 aliphatic carbocycles. The van der Waals surface area contributed by atoms with E-state index in [0.29, 0.717) is 12.2 Å². The number of rotatable bonds is 5. The van der Waals surface area contributed by atoms with Gasteiger partial charge in [-0.15, -0.1) is 11.8 Å². The molecule has 0 spiro atoms. The van der Waals surface area contributed by atoms with E-state index < -0.39 is 0 Å². The summed E-state index contributed by atoms with van der Waals surface area (Å²) in [6.45, 7) is 0.583. The lowest BCUT2D eigenvalue weighted by atomic mass is 10.3. The fourth-order valence-electron chi connectivity index (χ4n) is 1.11. The predicted octanol–water partition coefficient (Wildman–Crippen LogP) is 1.88. The van der Waals surface area contributed by atoms with Gasteiger partial charge in [-0.25, -0.2) is 0 Å². The molecule has 0 radical (unpaired) electrons. The minimum atomic E-state index is 0.583. The zero-order valence-electron chi connectivity index (χ0n) is 8.77. The Morgan fingerprint density at radius 2 is 2.20 bits per heavy atom. The summed E-state index contributed by atoms with van der Waals surface area (Å²) >= 11 is 1.70. The van der Waals surface area contributed by atoms with Gasteiger partial charge in [0.1, 0.15) is 5.75 Å². The number of anilines is 1. The summed E-state index contributed by atoms with van der Waals surface area (Å²) in [5.74, 6) is 1.71. The third kappa shape index (κ3) is 3.85. The summed E-state index contributed by atoms with van der Waals surface area (Å²) < 4.78 is 5.23. The van der Waals surface area contributed by atoms with E-state index in [-0.39, 0.29) is 0 Å². The third-order valence-corrected chi connectivity index (χ3v) is 2.83. The summed E-state index contributed by atoms with van der Waals surface area (Å²) in [6, 6.07) is 5.67. The molecule has 0 aliphatic rings. The van der Waals surface area contributed by atoms with E-state index in [9.17, 15) is 0 Å². The fraction of sp³-hybridized carbons (Fsp3) is 0.273. The Bertz CT molecular complexity index is 339. The van der Waals surface area contributed by atoms with Gasteiger partial charge in [0.25, 0.3) is 0 Å². The van der Waals surface area contributed by atoms with Crippen molar-refractivity contribution in [1.82, 2.24) is 0 Å². The van der Waals surface area contributed by atoms with Gasteiger partial charge in [0, 0.05) is 28.9 Å². The van der Waals surface area contributed by atoms with Crippen molar-refractivity contribution < 1.29 is 4.74 Å². The lowest BCUT2D eigenvalue weighted by Crippen LogP contribution is -1.93. The Morgan fingerprint density at radius 3 is 2.87 bits per heavy atom. The van der Waals surface area contributed by atoms with E-state index in [4.69, 9.17) is 16.2 Å². The second kappa shape index (κ2) is 6.37. The molecule has 0 atom stereocenters. The van der Waals surface area contributed by atoms with Gasteiger partial charge in [0.15, 0.2) is 0 Å². The number of benzene rings is 1. The highest BCUT2D eigenvalue weighted by Crippen LogP contribution is 2.30. The van der Waals surface area contributed by atoms with Crippen molar-refractivity contribution in [2.24, 2.45) is 5.73 Å². The van der Waals surface area contributed by atoms with Crippen molar-refractivity contribution in [3.8, 4) is 5.75 Å². The highest BCUT2D eigenvalue weighted by Gasteiger charge is 2.02. The topological polar surface area (TPSA) is 61.3 Å². The second-order valence-electron chi connectivity index (χ2n) is 2.93. The van der Waals surface area contributed by atoms with Gasteiger partial charge in [-0.3, -0.25) is 0 Å². The molecule has 0 saturated heterocycles. The molecule has 0 bridgehead atoms. The van der Waals surface area contributed by atoms with Crippen LogP contribution in [0, 0.1) is 0 Å². The van der Waals surface area contributed by atoms with Crippen molar-refractivity contribution in [2.75, 3.05) is 25.1 Å². The average molecular weight is 224 g/mol. The van der Waals surface area contributed by atoms with E-state index >= 15 is 0 Å². The van der Waals surface area contributed by atoms with Crippen molar-refractivity contribution >= 4 is 17.4 Å². The van der Waals surface area contributed by atoms with Gasteiger partial charge in [0.05, 0.1) is 7.11 Å². The molecule has 0 unspecified atom stereocenters. The van der Waals surface area contributed by atoms with Crippen LogP contribution in [0.3, 0.4) is 0 Å². The summed E-state index contributed by atoms with van der Waals surface area (Å²) in [5.41, 5.74) is 11.7. The molecule has 0 fully saturated rings. The van der Waals surface area contributed by atoms with Gasteiger partial charge >= 0.3 is 0 Å². The Kier molecular flexibility index (Phi) is 5.07. The summed E-state index contributed by atoms with van der Waals surface area (Å²) in [4.78, 5) is 1.09. The Labute approximate surface area is 94.5 Å². The summed E-state index contributed by atoms with van der Waals surface area (Å²) in [6.07, 6.45) is 3.98. The molecule has 1 aromatic carbocycles. The zero-order valence-corrected chi connectivity index (χ0v) is 9.59. The zero-order chi connectivity index (χ0) is 11.1. The molecule has 4 N–H and O–H groups in total. The van der Waals surface area contributed by atoms with Gasteiger partial charge in [0.2, 0.25) is 0 Å². The maximum Gasteiger partial charge on any atom is 0.134 e. The number of methoxy groups -OCH3 is 1. The second-order valence-corrected chi connectivity index (χ2v) is 3.99. The molecule has 0 saturated carbocycles. The molecule has 0 heterocycles. The van der Waals surface area contributed by atoms with E-state index in [2.05, 4.69) is 0 Å². The highest BCUT2D eigenvalue weighted by atomic mass is 32.2. The quantitative estimate of drug-likeness (QED) is 0.455. The normalized spacial score (nSPS) is 10.8. The Hall–Kier alpha value is -1.13. The van der Waals surface area contributed by atoms with Crippen molar-refractivity contribution in [3.63, 3.8) is 0 Å². The van der Waals surface area contributed by atoms with E-state index in [0.717, 1.165) is 16.4 Å². The van der Waals surface area contributed by atoms with Crippen LogP contribution in [0.2, 0.25) is 0 Å². The molecule has 0 aliphatic heterocycles. The van der Waals surface area contributed by atoms with Crippen LogP contribution in [0.15, 0.2) is 35.2 Å². The first-order valence-corrected chi connectivity index (χ1v) is 5.68. The van der Waals surface area contributed by atoms with Gasteiger partial charge < -0.3 is 16.2 Å². The molecule has 1 aromatic rings. The first-order chi connectivity index (χ1) is 7.27. The number of hydrogen-bond donors (Lipinski definition) is 2. The minimum Gasteiger partial charge on any atom is -0.496 e. The first-order valence-electron chi connectivity index (χ1n) is 4.69. The Morgan fingerprint density at radius 1 is 1.40 bits per heavy atom. The van der Waals surface area contributed by atoms with Gasteiger partial charge in [-0.1, -0.05) is 12.2 Å². The third-order valence-electron chi connectivity index (χ3n) is 1.83. The largest absolute Gasteiger partial charge is 0.496 e. The predicted molar refractivity (Wildman–Crippen MR) is 66.3 cm³/mol. The van der Waals surface area contributed by atoms with E-state index in [1.165, 1.54) is 0 Å². The van der Waals surface area contributed by atoms with Crippen LogP contribution in [0.1, 0.15) is 0 Å². The lowest BCUT2D eigenvalue weighted by molar-refractivity contribution is 0.405. The van der Waals surface area contributed by atoms with Gasteiger partial charge in [-0.2, -0.15) is 0 Å². The highest BCUT2D eigenvalue weighted by molar-refractivity contribution is 7.99. The lowest BCUT2D eigenvalue weighted by Gasteiger charge is -2.07. The van der Waals surface area contributed by atoms with E-state index in [1.54, 1.807) is 18.9 Å². The molecule has 15 heavy (non-hydrogen) atoms. The molecule has 0 aromatic heterocycles. The molecule has 82 valence electrons. The molecule has 3 nitrogen and oxygen atoms in total. The number of nitrogen functional groups attached to an aromatic ring is 1. The van der Waals surface area contributed by atoms with Crippen LogP contribution in [-0.2, 0) is 0 Å². The van der Waals surface area contributed by atoms with Crippen molar-refractivity contribution in [1.29, 1.82) is 0 Å². The van der Waals surface area contributed by atoms with Crippen LogP contribution >= 0.6 is 11.8 Å². The van der Waals surface area contributed by atoms with Gasteiger partial charge in [-0.05, 0) is 12.1 Å². The monoisotopic (exact) mass is 224 g/mol. The Balaban J connectivity index is 2.63. The number of thioether (sulfide) groups is 1. The van der Waals surface area contributed by atoms with Crippen molar-refractivity contribution in [3.05, 3.63) is 30.4 Å². The maximum absolute atomic E-state index is 5.66. The number of ether oxygens (including phenoxy) is 1. The summed E-state index contributed by atoms with van der Waals surface area (Å²) in [5, 5.41) is 0. The van der Waals surface area contributed by atoms with Crippen molar-refractivity contribution in [2.45, 2.75) is 4.90 Å². The number of hydrogen-bond acceptors (Lipinski definition) is 4. The van der Waals surface area contributed by atoms with Crippen LogP contribution in [-0.4, -0.2) is 19.4 Å². The smallest absolute Gasteiger partial charge is 0.134 e. The van der Waals surface area contributed by atoms with E-state index in [1.807, 2.05) is 30.4 Å². The summed E-state index contributed by atoms with van der Waals surface area (Å²) in [7, 11) is 1.65. The number of nitrogens with two attached hydrogens (primary N) is 2. The maximum atomic E-state index is 5.66. The minimum absolute atomic E-state index is 0.583. The SMILES string of the molecule is COc1cc(N)ccc1SC/C=C/CN. The molecule has 4 heteroatoms. The van der Waals surface area contributed by atoms with Crippen LogP contribution in [0.5, 0.6) is 5.75 Å². The van der Waals surface area contributed by atoms with Crippen LogP contribution in [0.4, 0.5) is 5.69 Å². The fourth-order valence-corrected chi connectivity index (χ4v) is 1.97. The first kappa shape index (κ1) is 11.9. The molecular weight excluding hydrogens is 208 g/mol. The van der Waals surface area contributed by atoms with Crippen LogP contribution in [0.25, 0.3) is 0 Å². The molecular formula is C11H16N2OS. The average Bonchev–Trinajstić information content (AvgIpc) is 2.26. The standard InChI is InChI=1S/C11H16N2OS/c1-14-10-8-9(13)4-5-11(10)15-7-3-2-6-12/h2-5,8H,6-7,12-13H2,1H3/b3-2+.